The molecule has 1 aliphatic rings. The van der Waals surface area contributed by atoms with Gasteiger partial charge < -0.3 is 21.1 Å². The number of rotatable bonds is 5. The zero-order chi connectivity index (χ0) is 24.4. The van der Waals surface area contributed by atoms with Gasteiger partial charge in [0.15, 0.2) is 11.6 Å². The van der Waals surface area contributed by atoms with Crippen LogP contribution in [0.1, 0.15) is 23.2 Å². The number of carbonyl (C=O) groups excluding carboxylic acids is 1. The van der Waals surface area contributed by atoms with E-state index in [4.69, 9.17) is 27.8 Å². The van der Waals surface area contributed by atoms with E-state index in [0.717, 1.165) is 12.8 Å². The van der Waals surface area contributed by atoms with Crippen LogP contribution in [-0.4, -0.2) is 37.1 Å². The lowest BCUT2D eigenvalue weighted by Gasteiger charge is -2.32. The number of aromatic nitrogens is 1. The van der Waals surface area contributed by atoms with Crippen LogP contribution in [0.25, 0.3) is 27.2 Å². The van der Waals surface area contributed by atoms with Crippen LogP contribution < -0.4 is 21.1 Å². The number of anilines is 1. The third-order valence-electron chi connectivity index (χ3n) is 5.92. The molecule has 0 radical (unpaired) electrons. The Hall–Kier alpha value is -4.03. The number of nitrogens with two attached hydrogens (primary N) is 2. The van der Waals surface area contributed by atoms with Crippen molar-refractivity contribution in [3.63, 3.8) is 0 Å². The number of pyridine rings is 1. The van der Waals surface area contributed by atoms with Crippen LogP contribution in [0.15, 0.2) is 42.5 Å². The Morgan fingerprint density at radius 1 is 1.12 bits per heavy atom. The van der Waals surface area contributed by atoms with Crippen LogP contribution in [0.2, 0.25) is 0 Å². The van der Waals surface area contributed by atoms with Crippen LogP contribution in [0.4, 0.5) is 20.3 Å². The summed E-state index contributed by atoms with van der Waals surface area (Å²) in [6, 6.07) is 9.96. The van der Waals surface area contributed by atoms with E-state index in [1.165, 1.54) is 31.4 Å². The summed E-state index contributed by atoms with van der Waals surface area (Å²) in [5.74, 6) is -1.57. The van der Waals surface area contributed by atoms with Crippen molar-refractivity contribution in [3.8, 4) is 28.1 Å². The molecule has 1 aromatic heterocycles. The molecule has 3 aromatic rings. The van der Waals surface area contributed by atoms with Gasteiger partial charge in [0.1, 0.15) is 11.6 Å². The summed E-state index contributed by atoms with van der Waals surface area (Å²) in [7, 11) is 1.35. The number of benzene rings is 2. The molecule has 0 atom stereocenters. The van der Waals surface area contributed by atoms with E-state index in [2.05, 4.69) is 4.85 Å². The second-order valence-corrected chi connectivity index (χ2v) is 8.07. The molecule has 4 N–H and O–H groups in total. The van der Waals surface area contributed by atoms with Gasteiger partial charge in [-0.3, -0.25) is 4.79 Å². The van der Waals surface area contributed by atoms with Crippen molar-refractivity contribution in [1.82, 2.24) is 4.98 Å². The summed E-state index contributed by atoms with van der Waals surface area (Å²) >= 11 is 0. The van der Waals surface area contributed by atoms with Gasteiger partial charge >= 0.3 is 0 Å². The Morgan fingerprint density at radius 3 is 2.38 bits per heavy atom. The van der Waals surface area contributed by atoms with Crippen LogP contribution in [0.3, 0.4) is 0 Å². The van der Waals surface area contributed by atoms with Gasteiger partial charge in [-0.2, -0.15) is 0 Å². The Labute approximate surface area is 195 Å². The summed E-state index contributed by atoms with van der Waals surface area (Å²) in [6.45, 7) is 8.38. The highest BCUT2D eigenvalue weighted by atomic mass is 19.1. The first-order chi connectivity index (χ1) is 16.3. The summed E-state index contributed by atoms with van der Waals surface area (Å²) in [6.07, 6.45) is 1.51. The first kappa shape index (κ1) is 23.1. The molecule has 2 heterocycles. The summed E-state index contributed by atoms with van der Waals surface area (Å²) in [4.78, 5) is 22.5. The van der Waals surface area contributed by atoms with Gasteiger partial charge in [0, 0.05) is 30.3 Å². The monoisotopic (exact) mass is 463 g/mol. The highest BCUT2D eigenvalue weighted by molar-refractivity contribution is 6.04. The van der Waals surface area contributed by atoms with Crippen molar-refractivity contribution in [2.75, 3.05) is 25.1 Å². The van der Waals surface area contributed by atoms with E-state index in [0.29, 0.717) is 30.0 Å². The predicted molar refractivity (Wildman–Crippen MR) is 126 cm³/mol. The Bertz CT molecular complexity index is 1300. The van der Waals surface area contributed by atoms with Gasteiger partial charge in [0.2, 0.25) is 11.6 Å². The van der Waals surface area contributed by atoms with E-state index in [9.17, 15) is 13.6 Å². The van der Waals surface area contributed by atoms with Gasteiger partial charge in [0.25, 0.3) is 0 Å². The van der Waals surface area contributed by atoms with Crippen LogP contribution in [0, 0.1) is 18.2 Å². The van der Waals surface area contributed by atoms with E-state index >= 15 is 0 Å². The maximum atomic E-state index is 14.6. The van der Waals surface area contributed by atoms with Gasteiger partial charge in [-0.15, -0.1) is 0 Å². The highest BCUT2D eigenvalue weighted by Crippen LogP contribution is 2.39. The van der Waals surface area contributed by atoms with E-state index in [1.807, 2.05) is 4.90 Å². The van der Waals surface area contributed by atoms with Crippen molar-refractivity contribution in [3.05, 3.63) is 71.1 Å². The molecule has 0 spiro atoms. The number of piperidine rings is 1. The smallest absolute Gasteiger partial charge is 0.249 e. The normalized spacial score (nSPS) is 14.0. The molecule has 9 heteroatoms. The zero-order valence-corrected chi connectivity index (χ0v) is 18.5. The van der Waals surface area contributed by atoms with Crippen LogP contribution in [-0.2, 0) is 0 Å². The van der Waals surface area contributed by atoms with Gasteiger partial charge in [-0.05, 0) is 42.7 Å². The number of ether oxygens (including phenoxy) is 1. The lowest BCUT2D eigenvalue weighted by molar-refractivity contribution is 0.100. The maximum absolute atomic E-state index is 14.6. The van der Waals surface area contributed by atoms with Crippen molar-refractivity contribution in [2.24, 2.45) is 11.5 Å². The molecule has 2 aromatic carbocycles. The number of nitrogens with zero attached hydrogens (tertiary/aromatic N) is 3. The number of methoxy groups -OCH3 is 1. The minimum atomic E-state index is -0.733. The third kappa shape index (κ3) is 4.40. The maximum Gasteiger partial charge on any atom is 0.249 e. The van der Waals surface area contributed by atoms with Crippen molar-refractivity contribution in [2.45, 2.75) is 18.9 Å². The SMILES string of the molecule is [C-]#[N+]c1ccc(-c2nc(N3CCC(N)CC3)cc(C(N)=O)c2-c2ccc(OC)c(F)c2)cc1F. The highest BCUT2D eigenvalue weighted by Gasteiger charge is 2.25. The topological polar surface area (TPSA) is 98.8 Å². The molecule has 0 unspecified atom stereocenters. The molecular weight excluding hydrogens is 440 g/mol. The molecule has 34 heavy (non-hydrogen) atoms. The quantitative estimate of drug-likeness (QED) is 0.551. The number of carbonyl (C=O) groups is 1. The molecule has 0 aliphatic carbocycles. The lowest BCUT2D eigenvalue weighted by Crippen LogP contribution is -2.40. The molecule has 0 saturated carbocycles. The fourth-order valence-corrected chi connectivity index (χ4v) is 4.08. The van der Waals surface area contributed by atoms with Crippen LogP contribution in [0.5, 0.6) is 5.75 Å². The van der Waals surface area contributed by atoms with Crippen molar-refractivity contribution < 1.29 is 18.3 Å². The van der Waals surface area contributed by atoms with Crippen LogP contribution >= 0.6 is 0 Å². The molecule has 174 valence electrons. The summed E-state index contributed by atoms with van der Waals surface area (Å²) in [5.41, 5.74) is 12.9. The number of halogens is 2. The first-order valence-electron chi connectivity index (χ1n) is 10.7. The van der Waals surface area contributed by atoms with E-state index in [1.54, 1.807) is 18.2 Å². The molecule has 1 aliphatic heterocycles. The second-order valence-electron chi connectivity index (χ2n) is 8.07. The standard InChI is InChI=1S/C25H23F2N5O2/c1-30-20-5-3-15(12-18(20)26)24-23(14-4-6-21(34-2)19(27)11-14)17(25(29)33)13-22(31-24)32-9-7-16(28)8-10-32/h3-6,11-13,16H,7-10,28H2,2H3,(H2,29,33). The molecule has 4 rings (SSSR count). The Balaban J connectivity index is 1.98. The van der Waals surface area contributed by atoms with E-state index < -0.39 is 17.5 Å². The number of primary amides is 1. The fraction of sp³-hybridized carbons (Fsp3) is 0.240. The summed E-state index contributed by atoms with van der Waals surface area (Å²) < 4.78 is 34.2. The first-order valence-corrected chi connectivity index (χ1v) is 10.7. The van der Waals surface area contributed by atoms with E-state index in [-0.39, 0.29) is 34.3 Å². The molecule has 7 nitrogen and oxygen atoms in total. The molecular formula is C25H23F2N5O2. The predicted octanol–water partition coefficient (Wildman–Crippen LogP) is 4.28. The second kappa shape index (κ2) is 9.45. The Morgan fingerprint density at radius 2 is 1.79 bits per heavy atom. The number of hydrogen-bond donors (Lipinski definition) is 2. The fourth-order valence-electron chi connectivity index (χ4n) is 4.08. The van der Waals surface area contributed by atoms with Gasteiger partial charge in [0.05, 0.1) is 24.9 Å². The number of hydrogen-bond acceptors (Lipinski definition) is 5. The zero-order valence-electron chi connectivity index (χ0n) is 18.5. The molecule has 1 amide bonds. The van der Waals surface area contributed by atoms with Crippen molar-refractivity contribution >= 4 is 17.4 Å². The van der Waals surface area contributed by atoms with Gasteiger partial charge in [-0.25, -0.2) is 18.6 Å². The summed E-state index contributed by atoms with van der Waals surface area (Å²) in [5, 5.41) is 0. The molecule has 1 saturated heterocycles. The van der Waals surface area contributed by atoms with Gasteiger partial charge in [-0.1, -0.05) is 18.2 Å². The van der Waals surface area contributed by atoms with Crippen molar-refractivity contribution in [1.29, 1.82) is 0 Å². The average Bonchev–Trinajstić information content (AvgIpc) is 2.83. The molecule has 0 bridgehead atoms. The largest absolute Gasteiger partial charge is 0.494 e. The minimum Gasteiger partial charge on any atom is -0.494 e. The lowest BCUT2D eigenvalue weighted by atomic mass is 9.93. The minimum absolute atomic E-state index is 0.0348. The Kier molecular flexibility index (Phi) is 6.43. The average molecular weight is 463 g/mol. The number of amides is 1. The third-order valence-corrected chi connectivity index (χ3v) is 5.92. The molecule has 1 fully saturated rings.